The van der Waals surface area contributed by atoms with Crippen LogP contribution in [0.2, 0.25) is 0 Å². The van der Waals surface area contributed by atoms with Crippen molar-refractivity contribution in [1.29, 1.82) is 0 Å². The van der Waals surface area contributed by atoms with Crippen molar-refractivity contribution in [2.24, 2.45) is 0 Å². The van der Waals surface area contributed by atoms with Crippen LogP contribution < -0.4 is 14.4 Å². The molecule has 29 heavy (non-hydrogen) atoms. The van der Waals surface area contributed by atoms with Gasteiger partial charge < -0.3 is 10.1 Å². The number of methoxy groups -OCH3 is 1. The monoisotopic (exact) mass is 408 g/mol. The van der Waals surface area contributed by atoms with E-state index in [2.05, 4.69) is 5.32 Å². The Hall–Kier alpha value is -2.99. The number of fused-ring (bicyclic) bond motifs is 1. The Labute approximate surface area is 172 Å². The number of sulfonamides is 1. The zero-order chi connectivity index (χ0) is 20.4. The molecular formula is C23H24N2O3S. The van der Waals surface area contributed by atoms with Crippen molar-refractivity contribution in [2.45, 2.75) is 30.3 Å². The number of hydrogen-bond donors (Lipinski definition) is 1. The third-order valence-corrected chi connectivity index (χ3v) is 7.16. The Balaban J connectivity index is 1.75. The van der Waals surface area contributed by atoms with Crippen LogP contribution in [0.25, 0.3) is 0 Å². The lowest BCUT2D eigenvalue weighted by atomic mass is 9.93. The molecule has 0 saturated carbocycles. The van der Waals surface area contributed by atoms with Gasteiger partial charge in [0.1, 0.15) is 5.75 Å². The van der Waals surface area contributed by atoms with Gasteiger partial charge in [-0.05, 0) is 49.2 Å². The number of rotatable bonds is 5. The maximum absolute atomic E-state index is 13.5. The number of nitrogens with one attached hydrogen (secondary N) is 1. The lowest BCUT2D eigenvalue weighted by Gasteiger charge is -2.40. The fraction of sp³-hybridized carbons (Fsp3) is 0.217. The van der Waals surface area contributed by atoms with Crippen LogP contribution in [0.3, 0.4) is 0 Å². The molecule has 0 amide bonds. The number of ether oxygens (including phenoxy) is 1. The first-order valence-electron chi connectivity index (χ1n) is 9.59. The van der Waals surface area contributed by atoms with Crippen molar-refractivity contribution in [3.05, 3.63) is 84.4 Å². The van der Waals surface area contributed by atoms with Crippen LogP contribution in [-0.2, 0) is 10.0 Å². The van der Waals surface area contributed by atoms with Crippen molar-refractivity contribution < 1.29 is 13.2 Å². The second-order valence-electron chi connectivity index (χ2n) is 7.19. The van der Waals surface area contributed by atoms with Crippen molar-refractivity contribution in [1.82, 2.24) is 0 Å². The number of para-hydroxylation sites is 2. The summed E-state index contributed by atoms with van der Waals surface area (Å²) < 4.78 is 33.9. The summed E-state index contributed by atoms with van der Waals surface area (Å²) in [6, 6.07) is 24.1. The van der Waals surface area contributed by atoms with Gasteiger partial charge in [0.25, 0.3) is 10.0 Å². The smallest absolute Gasteiger partial charge is 0.264 e. The van der Waals surface area contributed by atoms with Gasteiger partial charge in [-0.1, -0.05) is 42.5 Å². The molecule has 150 valence electrons. The molecule has 4 rings (SSSR count). The number of anilines is 2. The molecule has 0 bridgehead atoms. The lowest BCUT2D eigenvalue weighted by molar-refractivity contribution is 0.413. The highest BCUT2D eigenvalue weighted by molar-refractivity contribution is 7.92. The molecule has 0 radical (unpaired) electrons. The van der Waals surface area contributed by atoms with Gasteiger partial charge in [0.2, 0.25) is 0 Å². The first-order chi connectivity index (χ1) is 14.0. The predicted molar refractivity (Wildman–Crippen MR) is 116 cm³/mol. The lowest BCUT2D eigenvalue weighted by Crippen LogP contribution is -2.44. The van der Waals surface area contributed by atoms with Crippen molar-refractivity contribution in [3.8, 4) is 5.75 Å². The number of nitrogens with zero attached hydrogens (tertiary/aromatic N) is 1. The SMILES string of the molecule is COc1cccc(S(=O)(=O)N2c3ccccc3C(Nc3ccccc3)CC2C)c1. The molecule has 2 unspecified atom stereocenters. The van der Waals surface area contributed by atoms with E-state index in [9.17, 15) is 8.42 Å². The Bertz CT molecular complexity index is 1100. The van der Waals surface area contributed by atoms with Gasteiger partial charge in [-0.2, -0.15) is 0 Å². The first-order valence-corrected chi connectivity index (χ1v) is 11.0. The second kappa shape index (κ2) is 7.79. The zero-order valence-corrected chi connectivity index (χ0v) is 17.3. The molecule has 5 nitrogen and oxygen atoms in total. The normalized spacial score (nSPS) is 18.8. The highest BCUT2D eigenvalue weighted by Gasteiger charge is 2.37. The van der Waals surface area contributed by atoms with E-state index in [1.165, 1.54) is 7.11 Å². The van der Waals surface area contributed by atoms with E-state index in [0.29, 0.717) is 17.9 Å². The molecule has 3 aromatic rings. The summed E-state index contributed by atoms with van der Waals surface area (Å²) in [7, 11) is -2.20. The molecule has 1 heterocycles. The van der Waals surface area contributed by atoms with Gasteiger partial charge in [0, 0.05) is 17.8 Å². The molecule has 1 aliphatic rings. The highest BCUT2D eigenvalue weighted by atomic mass is 32.2. The molecule has 0 aliphatic carbocycles. The summed E-state index contributed by atoms with van der Waals surface area (Å²) in [6.07, 6.45) is 0.662. The Morgan fingerprint density at radius 2 is 1.69 bits per heavy atom. The van der Waals surface area contributed by atoms with Crippen LogP contribution in [0.1, 0.15) is 24.9 Å². The van der Waals surface area contributed by atoms with Gasteiger partial charge in [0.05, 0.1) is 23.7 Å². The fourth-order valence-electron chi connectivity index (χ4n) is 3.90. The minimum Gasteiger partial charge on any atom is -0.497 e. The van der Waals surface area contributed by atoms with E-state index in [1.54, 1.807) is 28.6 Å². The average molecular weight is 409 g/mol. The Morgan fingerprint density at radius 3 is 2.45 bits per heavy atom. The van der Waals surface area contributed by atoms with E-state index in [1.807, 2.05) is 61.5 Å². The molecule has 0 spiro atoms. The molecule has 0 saturated heterocycles. The maximum atomic E-state index is 13.5. The van der Waals surface area contributed by atoms with Crippen LogP contribution in [-0.4, -0.2) is 21.6 Å². The number of benzene rings is 3. The van der Waals surface area contributed by atoms with E-state index in [4.69, 9.17) is 4.74 Å². The summed E-state index contributed by atoms with van der Waals surface area (Å²) in [6.45, 7) is 1.95. The minimum absolute atomic E-state index is 0.0281. The number of hydrogen-bond acceptors (Lipinski definition) is 4. The minimum atomic E-state index is -3.73. The van der Waals surface area contributed by atoms with Crippen molar-refractivity contribution in [3.63, 3.8) is 0 Å². The summed E-state index contributed by atoms with van der Waals surface area (Å²) in [5.41, 5.74) is 2.70. The molecule has 1 N–H and O–H groups in total. The second-order valence-corrected chi connectivity index (χ2v) is 9.00. The van der Waals surface area contributed by atoms with Crippen LogP contribution in [0.15, 0.2) is 83.8 Å². The van der Waals surface area contributed by atoms with Gasteiger partial charge >= 0.3 is 0 Å². The van der Waals surface area contributed by atoms with E-state index >= 15 is 0 Å². The van der Waals surface area contributed by atoms with Gasteiger partial charge in [0.15, 0.2) is 0 Å². The van der Waals surface area contributed by atoms with Crippen LogP contribution in [0.4, 0.5) is 11.4 Å². The summed E-state index contributed by atoms with van der Waals surface area (Å²) in [5.74, 6) is 0.521. The first kappa shape index (κ1) is 19.3. The van der Waals surface area contributed by atoms with Crippen LogP contribution >= 0.6 is 0 Å². The zero-order valence-electron chi connectivity index (χ0n) is 16.4. The molecule has 0 fully saturated rings. The predicted octanol–water partition coefficient (Wildman–Crippen LogP) is 4.84. The van der Waals surface area contributed by atoms with E-state index in [-0.39, 0.29) is 17.0 Å². The summed E-state index contributed by atoms with van der Waals surface area (Å²) in [5, 5.41) is 3.56. The maximum Gasteiger partial charge on any atom is 0.264 e. The van der Waals surface area contributed by atoms with Crippen LogP contribution in [0.5, 0.6) is 5.75 Å². The molecule has 6 heteroatoms. The van der Waals surface area contributed by atoms with Crippen LogP contribution in [0, 0.1) is 0 Å². The molecule has 2 atom stereocenters. The largest absolute Gasteiger partial charge is 0.497 e. The van der Waals surface area contributed by atoms with Crippen molar-refractivity contribution >= 4 is 21.4 Å². The van der Waals surface area contributed by atoms with Gasteiger partial charge in [-0.15, -0.1) is 0 Å². The fourth-order valence-corrected chi connectivity index (χ4v) is 5.63. The Kier molecular flexibility index (Phi) is 5.20. The summed E-state index contributed by atoms with van der Waals surface area (Å²) >= 11 is 0. The topological polar surface area (TPSA) is 58.6 Å². The van der Waals surface area contributed by atoms with Crippen molar-refractivity contribution in [2.75, 3.05) is 16.7 Å². The Morgan fingerprint density at radius 1 is 0.966 bits per heavy atom. The van der Waals surface area contributed by atoms with Gasteiger partial charge in [-0.3, -0.25) is 4.31 Å². The third kappa shape index (κ3) is 3.68. The quantitative estimate of drug-likeness (QED) is 0.657. The van der Waals surface area contributed by atoms with E-state index in [0.717, 1.165) is 11.3 Å². The standard InChI is InChI=1S/C23H24N2O3S/c1-17-15-22(24-18-9-4-3-5-10-18)21-13-6-7-14-23(21)25(17)29(26,27)20-12-8-11-19(16-20)28-2/h3-14,16-17,22,24H,15H2,1-2H3. The third-order valence-electron chi connectivity index (χ3n) is 5.24. The highest BCUT2D eigenvalue weighted by Crippen LogP contribution is 2.41. The van der Waals surface area contributed by atoms with Gasteiger partial charge in [-0.25, -0.2) is 8.42 Å². The van der Waals surface area contributed by atoms with E-state index < -0.39 is 10.0 Å². The molecule has 0 aromatic heterocycles. The molecule has 1 aliphatic heterocycles. The summed E-state index contributed by atoms with van der Waals surface area (Å²) in [4.78, 5) is 0.230. The molecular weight excluding hydrogens is 384 g/mol. The average Bonchev–Trinajstić information content (AvgIpc) is 2.74. The molecule has 3 aromatic carbocycles.